The van der Waals surface area contributed by atoms with Crippen LogP contribution < -0.4 is 5.43 Å². The van der Waals surface area contributed by atoms with Crippen LogP contribution in [-0.4, -0.2) is 46.1 Å². The molecule has 5 nitrogen and oxygen atoms in total. The van der Waals surface area contributed by atoms with Gasteiger partial charge in [0.25, 0.3) is 0 Å². The van der Waals surface area contributed by atoms with Crippen LogP contribution in [0.2, 0.25) is 0 Å². The summed E-state index contributed by atoms with van der Waals surface area (Å²) in [7, 11) is 0. The van der Waals surface area contributed by atoms with Crippen LogP contribution in [0.25, 0.3) is 0 Å². The summed E-state index contributed by atoms with van der Waals surface area (Å²) < 4.78 is 0. The molecular formula is C22H29N3O2. The first-order valence-corrected chi connectivity index (χ1v) is 10.0. The fourth-order valence-corrected chi connectivity index (χ4v) is 4.55. The highest BCUT2D eigenvalue weighted by molar-refractivity contribution is 5.18. The van der Waals surface area contributed by atoms with Gasteiger partial charge in [-0.2, -0.15) is 0 Å². The Morgan fingerprint density at radius 2 is 1.52 bits per heavy atom. The Bertz CT molecular complexity index is 800. The molecule has 1 spiro atoms. The molecule has 0 bridgehead atoms. The molecule has 0 unspecified atom stereocenters. The van der Waals surface area contributed by atoms with Crippen molar-refractivity contribution in [2.45, 2.75) is 38.8 Å². The largest absolute Gasteiger partial charge is 0.503 e. The molecule has 1 aromatic carbocycles. The molecule has 2 saturated heterocycles. The SMILES string of the molecule is O=c1cc(CN2CCC3(CCN(Cc4ccccc4)CC3)CC2)[nH]cc1O. The molecule has 0 atom stereocenters. The van der Waals surface area contributed by atoms with Crippen LogP contribution >= 0.6 is 0 Å². The van der Waals surface area contributed by atoms with Gasteiger partial charge < -0.3 is 10.1 Å². The standard InChI is InChI=1S/C22H29N3O2/c26-20-14-19(23-15-21(20)27)17-25-12-8-22(9-13-25)6-10-24(11-7-22)16-18-4-2-1-3-5-18/h1-5,14-15,27H,6-13,16-17H2,(H,23,26). The number of aromatic nitrogens is 1. The minimum absolute atomic E-state index is 0.210. The van der Waals surface area contributed by atoms with Crippen LogP contribution in [0.4, 0.5) is 0 Å². The minimum atomic E-state index is -0.303. The zero-order chi connectivity index (χ0) is 18.7. The number of piperidine rings is 2. The second-order valence-corrected chi connectivity index (χ2v) is 8.25. The van der Waals surface area contributed by atoms with Crippen molar-refractivity contribution in [2.75, 3.05) is 26.2 Å². The lowest BCUT2D eigenvalue weighted by Crippen LogP contribution is -2.46. The van der Waals surface area contributed by atoms with Gasteiger partial charge in [-0.3, -0.25) is 14.6 Å². The van der Waals surface area contributed by atoms with Crippen LogP contribution in [0.5, 0.6) is 5.75 Å². The second kappa shape index (κ2) is 7.87. The maximum Gasteiger partial charge on any atom is 0.223 e. The molecule has 2 N–H and O–H groups in total. The van der Waals surface area contributed by atoms with Gasteiger partial charge in [-0.05, 0) is 62.8 Å². The second-order valence-electron chi connectivity index (χ2n) is 8.25. The van der Waals surface area contributed by atoms with E-state index in [1.54, 1.807) is 0 Å². The van der Waals surface area contributed by atoms with E-state index in [0.717, 1.165) is 31.9 Å². The summed E-state index contributed by atoms with van der Waals surface area (Å²) in [6.45, 7) is 6.38. The van der Waals surface area contributed by atoms with E-state index in [1.165, 1.54) is 56.6 Å². The Morgan fingerprint density at radius 3 is 2.11 bits per heavy atom. The number of pyridine rings is 1. The van der Waals surface area contributed by atoms with E-state index >= 15 is 0 Å². The summed E-state index contributed by atoms with van der Waals surface area (Å²) in [5.74, 6) is -0.210. The van der Waals surface area contributed by atoms with Crippen molar-refractivity contribution in [3.05, 3.63) is 64.1 Å². The van der Waals surface area contributed by atoms with Crippen molar-refractivity contribution in [3.63, 3.8) is 0 Å². The molecule has 27 heavy (non-hydrogen) atoms. The summed E-state index contributed by atoms with van der Waals surface area (Å²) in [5, 5.41) is 9.37. The zero-order valence-corrected chi connectivity index (χ0v) is 15.9. The summed E-state index contributed by atoms with van der Waals surface area (Å²) in [6.07, 6.45) is 6.47. The number of H-pyrrole nitrogens is 1. The Morgan fingerprint density at radius 1 is 0.926 bits per heavy atom. The van der Waals surface area contributed by atoms with Gasteiger partial charge in [0.05, 0.1) is 0 Å². The van der Waals surface area contributed by atoms with Crippen molar-refractivity contribution in [3.8, 4) is 5.75 Å². The Labute approximate surface area is 160 Å². The van der Waals surface area contributed by atoms with Crippen molar-refractivity contribution in [1.29, 1.82) is 0 Å². The molecule has 5 heteroatoms. The van der Waals surface area contributed by atoms with Gasteiger partial charge in [-0.15, -0.1) is 0 Å². The lowest BCUT2D eigenvalue weighted by Gasteiger charge is -2.47. The Kier molecular flexibility index (Phi) is 5.32. The number of nitrogens with zero attached hydrogens (tertiary/aromatic N) is 2. The van der Waals surface area contributed by atoms with Crippen LogP contribution in [0.15, 0.2) is 47.4 Å². The summed E-state index contributed by atoms with van der Waals surface area (Å²) in [5.41, 5.74) is 2.49. The van der Waals surface area contributed by atoms with E-state index in [2.05, 4.69) is 45.1 Å². The van der Waals surface area contributed by atoms with Crippen molar-refractivity contribution >= 4 is 0 Å². The number of likely N-dealkylation sites (tertiary alicyclic amines) is 2. The van der Waals surface area contributed by atoms with Gasteiger partial charge in [-0.1, -0.05) is 30.3 Å². The number of benzene rings is 1. The minimum Gasteiger partial charge on any atom is -0.503 e. The molecule has 0 saturated carbocycles. The molecule has 1 aromatic heterocycles. The first-order chi connectivity index (χ1) is 13.1. The molecule has 3 heterocycles. The third-order valence-corrected chi connectivity index (χ3v) is 6.43. The Hall–Kier alpha value is -2.11. The van der Waals surface area contributed by atoms with E-state index < -0.39 is 0 Å². The molecule has 0 aliphatic carbocycles. The van der Waals surface area contributed by atoms with E-state index in [1.807, 2.05) is 0 Å². The molecule has 2 aliphatic rings. The maximum absolute atomic E-state index is 11.6. The van der Waals surface area contributed by atoms with Gasteiger partial charge >= 0.3 is 0 Å². The fraction of sp³-hybridized carbons (Fsp3) is 0.500. The predicted octanol–water partition coefficient (Wildman–Crippen LogP) is 2.96. The molecule has 2 aromatic rings. The molecule has 2 fully saturated rings. The number of aromatic hydroxyl groups is 1. The topological polar surface area (TPSA) is 59.6 Å². The van der Waals surface area contributed by atoms with Crippen molar-refractivity contribution < 1.29 is 5.11 Å². The predicted molar refractivity (Wildman–Crippen MR) is 107 cm³/mol. The van der Waals surface area contributed by atoms with Crippen LogP contribution in [0.1, 0.15) is 36.9 Å². The average molecular weight is 367 g/mol. The molecule has 144 valence electrons. The first-order valence-electron chi connectivity index (χ1n) is 10.0. The molecule has 0 radical (unpaired) electrons. The normalized spacial score (nSPS) is 20.7. The quantitative estimate of drug-likeness (QED) is 0.872. The van der Waals surface area contributed by atoms with Crippen molar-refractivity contribution in [2.24, 2.45) is 5.41 Å². The third kappa shape index (κ3) is 4.42. The van der Waals surface area contributed by atoms with Crippen molar-refractivity contribution in [1.82, 2.24) is 14.8 Å². The third-order valence-electron chi connectivity index (χ3n) is 6.43. The highest BCUT2D eigenvalue weighted by Crippen LogP contribution is 2.41. The number of rotatable bonds is 4. The number of nitrogens with one attached hydrogen (secondary N) is 1. The highest BCUT2D eigenvalue weighted by Gasteiger charge is 2.37. The van der Waals surface area contributed by atoms with Crippen LogP contribution in [-0.2, 0) is 13.1 Å². The Balaban J connectivity index is 1.26. The monoisotopic (exact) mass is 367 g/mol. The fourth-order valence-electron chi connectivity index (χ4n) is 4.55. The van der Waals surface area contributed by atoms with Gasteiger partial charge in [0, 0.05) is 31.0 Å². The summed E-state index contributed by atoms with van der Waals surface area (Å²) >= 11 is 0. The number of hydrogen-bond donors (Lipinski definition) is 2. The molecule has 2 aliphatic heterocycles. The first kappa shape index (κ1) is 18.3. The number of hydrogen-bond acceptors (Lipinski definition) is 4. The molecule has 0 amide bonds. The highest BCUT2D eigenvalue weighted by atomic mass is 16.3. The lowest BCUT2D eigenvalue weighted by molar-refractivity contribution is 0.0296. The number of aromatic amines is 1. The van der Waals surface area contributed by atoms with E-state index in [-0.39, 0.29) is 11.2 Å². The van der Waals surface area contributed by atoms with Gasteiger partial charge in [0.1, 0.15) is 0 Å². The van der Waals surface area contributed by atoms with Crippen LogP contribution in [0, 0.1) is 5.41 Å². The van der Waals surface area contributed by atoms with Gasteiger partial charge in [0.15, 0.2) is 5.75 Å². The van der Waals surface area contributed by atoms with Gasteiger partial charge in [-0.25, -0.2) is 0 Å². The summed E-state index contributed by atoms with van der Waals surface area (Å²) in [6, 6.07) is 12.3. The maximum atomic E-state index is 11.6. The van der Waals surface area contributed by atoms with E-state index in [0.29, 0.717) is 5.41 Å². The smallest absolute Gasteiger partial charge is 0.223 e. The lowest BCUT2D eigenvalue weighted by atomic mass is 9.71. The van der Waals surface area contributed by atoms with E-state index in [9.17, 15) is 9.90 Å². The van der Waals surface area contributed by atoms with Gasteiger partial charge in [0.2, 0.25) is 5.43 Å². The zero-order valence-electron chi connectivity index (χ0n) is 15.9. The summed E-state index contributed by atoms with van der Waals surface area (Å²) in [4.78, 5) is 19.6. The average Bonchev–Trinajstić information content (AvgIpc) is 2.70. The molecule has 4 rings (SSSR count). The van der Waals surface area contributed by atoms with E-state index in [4.69, 9.17) is 0 Å². The molecular weight excluding hydrogens is 338 g/mol. The van der Waals surface area contributed by atoms with Crippen LogP contribution in [0.3, 0.4) is 0 Å².